The minimum absolute atomic E-state index is 0.918. The number of rotatable bonds is 4. The Morgan fingerprint density at radius 2 is 1.71 bits per heavy atom. The molecule has 0 heterocycles. The Bertz CT molecular complexity index is 276. The van der Waals surface area contributed by atoms with Crippen molar-refractivity contribution < 1.29 is 4.74 Å². The summed E-state index contributed by atoms with van der Waals surface area (Å²) in [7, 11) is 0.547. The van der Waals surface area contributed by atoms with Gasteiger partial charge in [-0.25, -0.2) is 0 Å². The van der Waals surface area contributed by atoms with Crippen LogP contribution in [0, 0.1) is 0 Å². The zero-order valence-electron chi connectivity index (χ0n) is 9.42. The molecule has 3 heteroatoms. The molecule has 0 spiro atoms. The predicted molar refractivity (Wildman–Crippen MR) is 63.2 cm³/mol. The normalized spacial score (nSPS) is 11.4. The molecular weight excluding hydrogens is 190 g/mol. The minimum Gasteiger partial charge on any atom is -0.497 e. The topological polar surface area (TPSA) is 21.3 Å². The van der Waals surface area contributed by atoms with Crippen LogP contribution in [0.3, 0.4) is 0 Å². The minimum atomic E-state index is -1.14. The fourth-order valence-electron chi connectivity index (χ4n) is 1.11. The molecule has 78 valence electrons. The van der Waals surface area contributed by atoms with Crippen LogP contribution >= 0.6 is 0 Å². The van der Waals surface area contributed by atoms with E-state index in [2.05, 4.69) is 36.8 Å². The summed E-state index contributed by atoms with van der Waals surface area (Å²) in [6, 6.07) is 8.21. The first-order valence-electron chi connectivity index (χ1n) is 4.89. The average Bonchev–Trinajstić information content (AvgIpc) is 2.14. The summed E-state index contributed by atoms with van der Waals surface area (Å²) >= 11 is 0. The molecule has 0 bridgehead atoms. The smallest absolute Gasteiger partial charge is 0.118 e. The molecule has 0 aliphatic heterocycles. The maximum Gasteiger partial charge on any atom is 0.118 e. The van der Waals surface area contributed by atoms with Gasteiger partial charge in [0.25, 0.3) is 0 Å². The van der Waals surface area contributed by atoms with E-state index < -0.39 is 8.24 Å². The zero-order valence-corrected chi connectivity index (χ0v) is 10.4. The van der Waals surface area contributed by atoms with Crippen LogP contribution in [0.15, 0.2) is 24.3 Å². The van der Waals surface area contributed by atoms with Crippen LogP contribution in [0.5, 0.6) is 5.75 Å². The fourth-order valence-corrected chi connectivity index (χ4v) is 1.85. The van der Waals surface area contributed by atoms with Gasteiger partial charge in [0.15, 0.2) is 0 Å². The van der Waals surface area contributed by atoms with Crippen LogP contribution in [0.4, 0.5) is 0 Å². The number of methoxy groups -OCH3 is 1. The van der Waals surface area contributed by atoms with Crippen LogP contribution in [0.1, 0.15) is 5.56 Å². The maximum absolute atomic E-state index is 5.10. The van der Waals surface area contributed by atoms with Gasteiger partial charge in [-0.3, -0.25) is 0 Å². The first-order valence-corrected chi connectivity index (χ1v) is 8.39. The van der Waals surface area contributed by atoms with Crippen molar-refractivity contribution in [2.24, 2.45) is 0 Å². The third-order valence-electron chi connectivity index (χ3n) is 1.98. The summed E-state index contributed by atoms with van der Waals surface area (Å²) < 4.78 is 5.10. The van der Waals surface area contributed by atoms with Crippen molar-refractivity contribution >= 4 is 8.24 Å². The highest BCUT2D eigenvalue weighted by Gasteiger charge is 2.11. The van der Waals surface area contributed by atoms with Crippen molar-refractivity contribution in [2.45, 2.75) is 26.2 Å². The van der Waals surface area contributed by atoms with Crippen molar-refractivity contribution in [2.75, 3.05) is 7.11 Å². The molecule has 1 aromatic carbocycles. The van der Waals surface area contributed by atoms with E-state index in [1.807, 2.05) is 12.1 Å². The molecule has 0 aliphatic carbocycles. The molecular formula is C11H19NOSi. The molecule has 0 saturated heterocycles. The summed E-state index contributed by atoms with van der Waals surface area (Å²) in [5.74, 6) is 0.918. The van der Waals surface area contributed by atoms with Gasteiger partial charge in [-0.05, 0) is 17.7 Å². The van der Waals surface area contributed by atoms with Crippen LogP contribution in [-0.2, 0) is 6.54 Å². The highest BCUT2D eigenvalue weighted by Crippen LogP contribution is 2.11. The van der Waals surface area contributed by atoms with Crippen LogP contribution in [0.2, 0.25) is 19.6 Å². The zero-order chi connectivity index (χ0) is 10.6. The van der Waals surface area contributed by atoms with Crippen LogP contribution < -0.4 is 9.72 Å². The van der Waals surface area contributed by atoms with Gasteiger partial charge in [0.1, 0.15) is 14.0 Å². The van der Waals surface area contributed by atoms with Gasteiger partial charge in [0, 0.05) is 6.54 Å². The first kappa shape index (κ1) is 11.3. The molecule has 1 N–H and O–H groups in total. The summed E-state index contributed by atoms with van der Waals surface area (Å²) in [5, 5.41) is 0. The summed E-state index contributed by atoms with van der Waals surface area (Å²) in [6.07, 6.45) is 0. The van der Waals surface area contributed by atoms with Gasteiger partial charge in [-0.2, -0.15) is 0 Å². The third-order valence-corrected chi connectivity index (χ3v) is 3.22. The molecule has 0 atom stereocenters. The second-order valence-corrected chi connectivity index (χ2v) is 9.31. The molecule has 14 heavy (non-hydrogen) atoms. The second-order valence-electron chi connectivity index (χ2n) is 4.45. The Morgan fingerprint density at radius 1 is 1.14 bits per heavy atom. The molecule has 1 rings (SSSR count). The molecule has 0 unspecified atom stereocenters. The van der Waals surface area contributed by atoms with E-state index in [0.29, 0.717) is 0 Å². The number of benzene rings is 1. The monoisotopic (exact) mass is 209 g/mol. The van der Waals surface area contributed by atoms with Gasteiger partial charge in [-0.1, -0.05) is 31.8 Å². The largest absolute Gasteiger partial charge is 0.497 e. The van der Waals surface area contributed by atoms with Crippen molar-refractivity contribution in [3.63, 3.8) is 0 Å². The van der Waals surface area contributed by atoms with E-state index in [4.69, 9.17) is 4.74 Å². The average molecular weight is 209 g/mol. The molecule has 0 amide bonds. The summed E-state index contributed by atoms with van der Waals surface area (Å²) in [4.78, 5) is 3.57. The fraction of sp³-hybridized carbons (Fsp3) is 0.455. The Morgan fingerprint density at radius 3 is 2.14 bits per heavy atom. The number of hydrogen-bond donors (Lipinski definition) is 1. The summed E-state index contributed by atoms with van der Waals surface area (Å²) in [6.45, 7) is 7.86. The number of hydrogen-bond acceptors (Lipinski definition) is 2. The quantitative estimate of drug-likeness (QED) is 0.770. The lowest BCUT2D eigenvalue weighted by Gasteiger charge is -2.17. The molecule has 2 nitrogen and oxygen atoms in total. The Balaban J connectivity index is 2.52. The van der Waals surface area contributed by atoms with Gasteiger partial charge in [0.05, 0.1) is 7.11 Å². The highest BCUT2D eigenvalue weighted by molar-refractivity contribution is 6.73. The van der Waals surface area contributed by atoms with Crippen molar-refractivity contribution in [3.05, 3.63) is 29.8 Å². The van der Waals surface area contributed by atoms with Crippen molar-refractivity contribution in [1.82, 2.24) is 4.98 Å². The van der Waals surface area contributed by atoms with E-state index in [1.165, 1.54) is 5.56 Å². The van der Waals surface area contributed by atoms with Crippen molar-refractivity contribution in [1.29, 1.82) is 0 Å². The van der Waals surface area contributed by atoms with Gasteiger partial charge < -0.3 is 9.72 Å². The lowest BCUT2D eigenvalue weighted by Crippen LogP contribution is -2.40. The van der Waals surface area contributed by atoms with E-state index in [1.54, 1.807) is 7.11 Å². The highest BCUT2D eigenvalue weighted by atomic mass is 28.3. The molecule has 0 fully saturated rings. The van der Waals surface area contributed by atoms with Gasteiger partial charge in [-0.15, -0.1) is 0 Å². The van der Waals surface area contributed by atoms with Crippen LogP contribution in [-0.4, -0.2) is 15.3 Å². The predicted octanol–water partition coefficient (Wildman–Crippen LogP) is 2.62. The van der Waals surface area contributed by atoms with Crippen molar-refractivity contribution in [3.8, 4) is 5.75 Å². The van der Waals surface area contributed by atoms with E-state index in [9.17, 15) is 0 Å². The third kappa shape index (κ3) is 3.94. The SMILES string of the molecule is COc1ccc(CN[Si](C)(C)C)cc1. The number of nitrogens with one attached hydrogen (secondary N) is 1. The first-order chi connectivity index (χ1) is 6.51. The van der Waals surface area contributed by atoms with Crippen LogP contribution in [0.25, 0.3) is 0 Å². The Kier molecular flexibility index (Phi) is 3.72. The molecule has 0 saturated carbocycles. The van der Waals surface area contributed by atoms with E-state index in [0.717, 1.165) is 12.3 Å². The summed E-state index contributed by atoms with van der Waals surface area (Å²) in [5.41, 5.74) is 1.31. The molecule has 0 aromatic heterocycles. The second kappa shape index (κ2) is 4.62. The molecule has 0 radical (unpaired) electrons. The van der Waals surface area contributed by atoms with Gasteiger partial charge in [0.2, 0.25) is 0 Å². The van der Waals surface area contributed by atoms with Gasteiger partial charge >= 0.3 is 0 Å². The lowest BCUT2D eigenvalue weighted by atomic mass is 10.2. The Hall–Kier alpha value is -0.803. The Labute approximate surface area is 87.4 Å². The van der Waals surface area contributed by atoms with E-state index >= 15 is 0 Å². The van der Waals surface area contributed by atoms with E-state index in [-0.39, 0.29) is 0 Å². The standard InChI is InChI=1S/C11H19NOSi/c1-13-11-7-5-10(6-8-11)9-12-14(2,3)4/h5-8,12H,9H2,1-4H3. The lowest BCUT2D eigenvalue weighted by molar-refractivity contribution is 0.414. The maximum atomic E-state index is 5.10. The number of ether oxygens (including phenoxy) is 1. The molecule has 1 aromatic rings. The molecule has 0 aliphatic rings.